The Morgan fingerprint density at radius 2 is 1.78 bits per heavy atom. The van der Waals surface area contributed by atoms with Crippen LogP contribution < -0.4 is 0 Å². The van der Waals surface area contributed by atoms with E-state index in [0.717, 1.165) is 0 Å². The van der Waals surface area contributed by atoms with E-state index >= 15 is 0 Å². The molecule has 1 rings (SSSR count). The fourth-order valence-corrected chi connectivity index (χ4v) is 4.23. The molecular formula is C7H16OSi. The summed E-state index contributed by atoms with van der Waals surface area (Å²) in [6, 6.07) is 2.86. The highest BCUT2D eigenvalue weighted by Gasteiger charge is 2.18. The Morgan fingerprint density at radius 1 is 1.22 bits per heavy atom. The summed E-state index contributed by atoms with van der Waals surface area (Å²) in [5.74, 6) is 0. The SMILES string of the molecule is CC(C)O[SiH]1CCCC1. The Bertz CT molecular complexity index is 77.0. The Labute approximate surface area is 59.1 Å². The number of hydrogen-bond acceptors (Lipinski definition) is 1. The van der Waals surface area contributed by atoms with E-state index in [2.05, 4.69) is 13.8 Å². The molecule has 0 aromatic carbocycles. The van der Waals surface area contributed by atoms with Crippen molar-refractivity contribution in [3.05, 3.63) is 0 Å². The van der Waals surface area contributed by atoms with Gasteiger partial charge in [0, 0.05) is 6.10 Å². The molecular weight excluding hydrogens is 128 g/mol. The van der Waals surface area contributed by atoms with E-state index in [0.29, 0.717) is 6.10 Å². The number of rotatable bonds is 2. The van der Waals surface area contributed by atoms with E-state index in [-0.39, 0.29) is 0 Å². The van der Waals surface area contributed by atoms with Crippen LogP contribution in [0.3, 0.4) is 0 Å². The van der Waals surface area contributed by atoms with Crippen molar-refractivity contribution in [2.45, 2.75) is 44.9 Å². The van der Waals surface area contributed by atoms with Crippen molar-refractivity contribution in [1.29, 1.82) is 0 Å². The fraction of sp³-hybridized carbons (Fsp3) is 1.00. The quantitative estimate of drug-likeness (QED) is 0.538. The average Bonchev–Trinajstić information content (AvgIpc) is 2.15. The van der Waals surface area contributed by atoms with Gasteiger partial charge in [-0.3, -0.25) is 0 Å². The van der Waals surface area contributed by atoms with Crippen molar-refractivity contribution in [1.82, 2.24) is 0 Å². The first-order chi connectivity index (χ1) is 4.29. The van der Waals surface area contributed by atoms with E-state index in [9.17, 15) is 0 Å². The van der Waals surface area contributed by atoms with Gasteiger partial charge in [-0.1, -0.05) is 12.8 Å². The third kappa shape index (κ3) is 2.50. The highest BCUT2D eigenvalue weighted by molar-refractivity contribution is 6.52. The lowest BCUT2D eigenvalue weighted by Gasteiger charge is -2.12. The Morgan fingerprint density at radius 3 is 2.22 bits per heavy atom. The second kappa shape index (κ2) is 3.37. The summed E-state index contributed by atoms with van der Waals surface area (Å²) in [4.78, 5) is 0. The minimum Gasteiger partial charge on any atom is -0.418 e. The molecule has 54 valence electrons. The van der Waals surface area contributed by atoms with Gasteiger partial charge in [0.15, 0.2) is 9.04 Å². The van der Waals surface area contributed by atoms with E-state index in [4.69, 9.17) is 4.43 Å². The molecule has 1 aliphatic rings. The molecule has 2 heteroatoms. The molecule has 0 atom stereocenters. The summed E-state index contributed by atoms with van der Waals surface area (Å²) in [6.45, 7) is 4.29. The van der Waals surface area contributed by atoms with Crippen LogP contribution in [-0.2, 0) is 4.43 Å². The summed E-state index contributed by atoms with van der Waals surface area (Å²) in [7, 11) is -0.639. The first-order valence-electron chi connectivity index (χ1n) is 3.94. The standard InChI is InChI=1S/C7H16OSi/c1-7(2)8-9-5-3-4-6-9/h7,9H,3-6H2,1-2H3. The van der Waals surface area contributed by atoms with Crippen molar-refractivity contribution < 1.29 is 4.43 Å². The van der Waals surface area contributed by atoms with E-state index in [1.54, 1.807) is 0 Å². The minimum absolute atomic E-state index is 0.486. The summed E-state index contributed by atoms with van der Waals surface area (Å²) in [6.07, 6.45) is 3.35. The monoisotopic (exact) mass is 144 g/mol. The van der Waals surface area contributed by atoms with Crippen LogP contribution in [0.1, 0.15) is 26.7 Å². The summed E-state index contributed by atoms with van der Waals surface area (Å²) in [5, 5.41) is 0. The van der Waals surface area contributed by atoms with E-state index in [1.807, 2.05) is 0 Å². The molecule has 9 heavy (non-hydrogen) atoms. The van der Waals surface area contributed by atoms with Gasteiger partial charge in [-0.2, -0.15) is 0 Å². The Hall–Kier alpha value is 0.177. The lowest BCUT2D eigenvalue weighted by Crippen LogP contribution is -2.17. The molecule has 1 fully saturated rings. The molecule has 0 aliphatic carbocycles. The largest absolute Gasteiger partial charge is 0.418 e. The molecule has 0 saturated carbocycles. The highest BCUT2D eigenvalue weighted by atomic mass is 28.3. The maximum Gasteiger partial charge on any atom is 0.177 e. The molecule has 1 heterocycles. The summed E-state index contributed by atoms with van der Waals surface area (Å²) in [5.41, 5.74) is 0. The summed E-state index contributed by atoms with van der Waals surface area (Å²) < 4.78 is 5.75. The maximum atomic E-state index is 5.75. The highest BCUT2D eigenvalue weighted by Crippen LogP contribution is 2.20. The van der Waals surface area contributed by atoms with Crippen LogP contribution in [-0.4, -0.2) is 15.1 Å². The fourth-order valence-electron chi connectivity index (χ4n) is 1.41. The van der Waals surface area contributed by atoms with Gasteiger partial charge < -0.3 is 4.43 Å². The van der Waals surface area contributed by atoms with Gasteiger partial charge in [0.1, 0.15) is 0 Å². The third-order valence-electron chi connectivity index (χ3n) is 1.77. The Balaban J connectivity index is 2.11. The lowest BCUT2D eigenvalue weighted by molar-refractivity contribution is 0.244. The molecule has 0 N–H and O–H groups in total. The third-order valence-corrected chi connectivity index (χ3v) is 4.80. The predicted octanol–water partition coefficient (Wildman–Crippen LogP) is 1.93. The van der Waals surface area contributed by atoms with Crippen LogP contribution in [0, 0.1) is 0 Å². The molecule has 1 saturated heterocycles. The van der Waals surface area contributed by atoms with Gasteiger partial charge in [0.05, 0.1) is 0 Å². The summed E-state index contributed by atoms with van der Waals surface area (Å²) >= 11 is 0. The molecule has 0 aromatic rings. The molecule has 1 nitrogen and oxygen atoms in total. The first-order valence-corrected chi connectivity index (χ1v) is 6.05. The second-order valence-electron chi connectivity index (χ2n) is 3.09. The molecule has 0 radical (unpaired) electrons. The van der Waals surface area contributed by atoms with Gasteiger partial charge in [-0.15, -0.1) is 0 Å². The second-order valence-corrected chi connectivity index (χ2v) is 5.76. The molecule has 0 bridgehead atoms. The molecule has 0 amide bonds. The van der Waals surface area contributed by atoms with Crippen LogP contribution in [0.25, 0.3) is 0 Å². The average molecular weight is 144 g/mol. The molecule has 0 aromatic heterocycles. The van der Waals surface area contributed by atoms with Crippen molar-refractivity contribution in [2.24, 2.45) is 0 Å². The molecule has 0 spiro atoms. The van der Waals surface area contributed by atoms with Crippen LogP contribution in [0.5, 0.6) is 0 Å². The van der Waals surface area contributed by atoms with Crippen LogP contribution >= 0.6 is 0 Å². The van der Waals surface area contributed by atoms with Crippen molar-refractivity contribution in [3.8, 4) is 0 Å². The first kappa shape index (κ1) is 7.29. The molecule has 1 aliphatic heterocycles. The number of hydrogen-bond donors (Lipinski definition) is 0. The predicted molar refractivity (Wildman–Crippen MR) is 42.2 cm³/mol. The van der Waals surface area contributed by atoms with Gasteiger partial charge in [-0.25, -0.2) is 0 Å². The van der Waals surface area contributed by atoms with Crippen LogP contribution in [0.4, 0.5) is 0 Å². The maximum absolute atomic E-state index is 5.75. The van der Waals surface area contributed by atoms with Crippen molar-refractivity contribution >= 4 is 9.04 Å². The van der Waals surface area contributed by atoms with Crippen molar-refractivity contribution in [2.75, 3.05) is 0 Å². The molecule has 0 unspecified atom stereocenters. The minimum atomic E-state index is -0.639. The topological polar surface area (TPSA) is 9.23 Å². The van der Waals surface area contributed by atoms with Crippen LogP contribution in [0.2, 0.25) is 12.1 Å². The van der Waals surface area contributed by atoms with Crippen molar-refractivity contribution in [3.63, 3.8) is 0 Å². The zero-order valence-electron chi connectivity index (χ0n) is 6.39. The Kier molecular flexibility index (Phi) is 2.73. The smallest absolute Gasteiger partial charge is 0.177 e. The van der Waals surface area contributed by atoms with E-state index < -0.39 is 9.04 Å². The lowest BCUT2D eigenvalue weighted by atomic mass is 10.4. The van der Waals surface area contributed by atoms with E-state index in [1.165, 1.54) is 24.9 Å². The normalized spacial score (nSPS) is 21.7. The van der Waals surface area contributed by atoms with Gasteiger partial charge in [0.2, 0.25) is 0 Å². The van der Waals surface area contributed by atoms with Gasteiger partial charge >= 0.3 is 0 Å². The zero-order valence-corrected chi connectivity index (χ0v) is 7.55. The van der Waals surface area contributed by atoms with Crippen LogP contribution in [0.15, 0.2) is 0 Å². The van der Waals surface area contributed by atoms with Gasteiger partial charge in [0.25, 0.3) is 0 Å². The zero-order chi connectivity index (χ0) is 6.69. The van der Waals surface area contributed by atoms with Gasteiger partial charge in [-0.05, 0) is 25.9 Å².